The molecule has 0 aliphatic rings. The minimum atomic E-state index is -4.42. The van der Waals surface area contributed by atoms with Crippen LogP contribution in [0.25, 0.3) is 0 Å². The van der Waals surface area contributed by atoms with Gasteiger partial charge >= 0.3 is 6.18 Å². The van der Waals surface area contributed by atoms with E-state index in [-0.39, 0.29) is 13.0 Å². The number of halogens is 3. The number of nitrogens with zero attached hydrogens (tertiary/aromatic N) is 2. The molecule has 0 radical (unpaired) electrons. The van der Waals surface area contributed by atoms with E-state index < -0.39 is 34.4 Å². The van der Waals surface area contributed by atoms with E-state index in [2.05, 4.69) is 5.10 Å². The van der Waals surface area contributed by atoms with Crippen molar-refractivity contribution in [1.29, 1.82) is 0 Å². The molecule has 0 fully saturated rings. The molecule has 1 aromatic carbocycles. The van der Waals surface area contributed by atoms with E-state index in [1.807, 2.05) is 0 Å². The van der Waals surface area contributed by atoms with Crippen molar-refractivity contribution in [1.82, 2.24) is 9.78 Å². The number of carbonyl (C=O) groups is 1. The van der Waals surface area contributed by atoms with Gasteiger partial charge in [-0.3, -0.25) is 14.3 Å². The topological polar surface area (TPSA) is 72.2 Å². The molecule has 23 heavy (non-hydrogen) atoms. The van der Waals surface area contributed by atoms with Crippen LogP contribution < -0.4 is 5.43 Å². The molecule has 0 atom stereocenters. The fourth-order valence-electron chi connectivity index (χ4n) is 2.02. The smallest absolute Gasteiger partial charge is 0.416 e. The summed E-state index contributed by atoms with van der Waals surface area (Å²) in [4.78, 5) is 22.8. The average Bonchev–Trinajstić information content (AvgIpc) is 2.47. The van der Waals surface area contributed by atoms with Crippen molar-refractivity contribution in [2.45, 2.75) is 26.1 Å². The lowest BCUT2D eigenvalue weighted by Crippen LogP contribution is -2.21. The Balaban J connectivity index is 2.22. The average molecular weight is 326 g/mol. The number of aryl methyl sites for hydroxylation is 2. The molecular weight excluding hydrogens is 313 g/mol. The quantitative estimate of drug-likeness (QED) is 0.876. The molecule has 0 saturated heterocycles. The number of hydrogen-bond donors (Lipinski definition) is 1. The lowest BCUT2D eigenvalue weighted by atomic mass is 10.1. The van der Waals surface area contributed by atoms with Crippen LogP contribution in [0, 0.1) is 0 Å². The first-order valence-corrected chi connectivity index (χ1v) is 6.66. The number of ketones is 1. The van der Waals surface area contributed by atoms with Gasteiger partial charge in [0.25, 0.3) is 5.43 Å². The third-order valence-corrected chi connectivity index (χ3v) is 3.16. The maximum absolute atomic E-state index is 12.6. The maximum atomic E-state index is 12.6. The van der Waals surface area contributed by atoms with E-state index in [0.717, 1.165) is 29.9 Å². The highest BCUT2D eigenvalue weighted by Crippen LogP contribution is 2.29. The Morgan fingerprint density at radius 1 is 1.35 bits per heavy atom. The fourth-order valence-corrected chi connectivity index (χ4v) is 2.02. The summed E-state index contributed by atoms with van der Waals surface area (Å²) >= 11 is 0. The number of carbonyl (C=O) groups excluding carboxylic acids is 1. The molecule has 122 valence electrons. The molecule has 2 rings (SSSR count). The van der Waals surface area contributed by atoms with E-state index in [1.165, 1.54) is 12.1 Å². The Kier molecular flexibility index (Phi) is 4.53. The van der Waals surface area contributed by atoms with Crippen LogP contribution in [0.1, 0.15) is 28.5 Å². The van der Waals surface area contributed by atoms with Crippen molar-refractivity contribution in [3.05, 3.63) is 57.5 Å². The first kappa shape index (κ1) is 16.7. The molecule has 5 nitrogen and oxygen atoms in total. The molecule has 0 amide bonds. The van der Waals surface area contributed by atoms with Crippen molar-refractivity contribution >= 4 is 5.78 Å². The van der Waals surface area contributed by atoms with Crippen molar-refractivity contribution in [3.8, 4) is 5.75 Å². The summed E-state index contributed by atoms with van der Waals surface area (Å²) in [6.45, 7) is 1.25. The van der Waals surface area contributed by atoms with Crippen molar-refractivity contribution in [3.63, 3.8) is 0 Å². The van der Waals surface area contributed by atoms with Crippen LogP contribution in [0.4, 0.5) is 13.2 Å². The Labute approximate surface area is 129 Å². The standard InChI is InChI=1S/C15H13F3N2O3/c1-9(21)13-14(23)12(22)8-20(19-13)6-5-10-3-2-4-11(7-10)15(16,17)18/h2-4,7-8,22H,5-6H2,1H3. The Bertz CT molecular complexity index is 797. The van der Waals surface area contributed by atoms with Crippen molar-refractivity contribution < 1.29 is 23.1 Å². The van der Waals surface area contributed by atoms with Crippen LogP contribution in [-0.2, 0) is 19.1 Å². The third-order valence-electron chi connectivity index (χ3n) is 3.16. The summed E-state index contributed by atoms with van der Waals surface area (Å²) in [6, 6.07) is 4.83. The van der Waals surface area contributed by atoms with Gasteiger partial charge in [0.2, 0.25) is 0 Å². The largest absolute Gasteiger partial charge is 0.503 e. The van der Waals surface area contributed by atoms with Crippen LogP contribution in [0.5, 0.6) is 5.75 Å². The summed E-state index contributed by atoms with van der Waals surface area (Å²) in [5.74, 6) is -1.23. The number of aromatic hydroxyl groups is 1. The van der Waals surface area contributed by atoms with Crippen LogP contribution in [-0.4, -0.2) is 20.7 Å². The Hall–Kier alpha value is -2.64. The molecule has 0 spiro atoms. The number of hydrogen-bond acceptors (Lipinski definition) is 4. The molecule has 0 aliphatic heterocycles. The second-order valence-corrected chi connectivity index (χ2v) is 4.96. The highest BCUT2D eigenvalue weighted by molar-refractivity contribution is 5.92. The van der Waals surface area contributed by atoms with Crippen LogP contribution in [0.2, 0.25) is 0 Å². The maximum Gasteiger partial charge on any atom is 0.416 e. The minimum absolute atomic E-state index is 0.107. The normalized spacial score (nSPS) is 11.5. The molecule has 8 heteroatoms. The summed E-state index contributed by atoms with van der Waals surface area (Å²) < 4.78 is 39.1. The van der Waals surface area contributed by atoms with Crippen LogP contribution in [0.15, 0.2) is 35.3 Å². The SMILES string of the molecule is CC(=O)c1nn(CCc2cccc(C(F)(F)F)c2)cc(O)c1=O. The second-order valence-electron chi connectivity index (χ2n) is 4.96. The summed E-state index contributed by atoms with van der Waals surface area (Å²) in [5, 5.41) is 13.3. The summed E-state index contributed by atoms with van der Waals surface area (Å²) in [5.41, 5.74) is -1.61. The van der Waals surface area contributed by atoms with Gasteiger partial charge in [0.1, 0.15) is 0 Å². The van der Waals surface area contributed by atoms with Gasteiger partial charge in [-0.05, 0) is 18.1 Å². The van der Waals surface area contributed by atoms with Crippen molar-refractivity contribution in [2.75, 3.05) is 0 Å². The van der Waals surface area contributed by atoms with Gasteiger partial charge in [0.05, 0.1) is 11.8 Å². The van der Waals surface area contributed by atoms with E-state index >= 15 is 0 Å². The number of alkyl halides is 3. The van der Waals surface area contributed by atoms with Crippen LogP contribution >= 0.6 is 0 Å². The molecule has 0 aliphatic carbocycles. The molecule has 0 saturated carbocycles. The molecule has 2 aromatic rings. The zero-order chi connectivity index (χ0) is 17.2. The predicted molar refractivity (Wildman–Crippen MR) is 75.3 cm³/mol. The zero-order valence-corrected chi connectivity index (χ0v) is 12.1. The van der Waals surface area contributed by atoms with E-state index in [9.17, 15) is 27.9 Å². The lowest BCUT2D eigenvalue weighted by Gasteiger charge is -2.10. The molecule has 1 aromatic heterocycles. The minimum Gasteiger partial charge on any atom is -0.503 e. The fraction of sp³-hybridized carbons (Fsp3) is 0.267. The van der Waals surface area contributed by atoms with Crippen LogP contribution in [0.3, 0.4) is 0 Å². The van der Waals surface area contributed by atoms with Crippen molar-refractivity contribution in [2.24, 2.45) is 0 Å². The number of aromatic nitrogens is 2. The molecule has 1 N–H and O–H groups in total. The molecule has 0 unspecified atom stereocenters. The molecule has 0 bridgehead atoms. The summed E-state index contributed by atoms with van der Waals surface area (Å²) in [7, 11) is 0. The van der Waals surface area contributed by atoms with Gasteiger partial charge in [-0.2, -0.15) is 18.3 Å². The second kappa shape index (κ2) is 6.23. The monoisotopic (exact) mass is 326 g/mol. The van der Waals surface area contributed by atoms with Gasteiger partial charge in [0.15, 0.2) is 17.2 Å². The van der Waals surface area contributed by atoms with Gasteiger partial charge in [-0.15, -0.1) is 0 Å². The van der Waals surface area contributed by atoms with Gasteiger partial charge in [0, 0.05) is 13.5 Å². The number of benzene rings is 1. The molecule has 1 heterocycles. The first-order chi connectivity index (χ1) is 10.7. The predicted octanol–water partition coefficient (Wildman–Crippen LogP) is 2.41. The van der Waals surface area contributed by atoms with E-state index in [1.54, 1.807) is 0 Å². The Morgan fingerprint density at radius 3 is 2.65 bits per heavy atom. The van der Waals surface area contributed by atoms with Gasteiger partial charge in [-0.1, -0.05) is 18.2 Å². The highest BCUT2D eigenvalue weighted by Gasteiger charge is 2.30. The molecular formula is C15H13F3N2O3. The van der Waals surface area contributed by atoms with E-state index in [4.69, 9.17) is 0 Å². The number of rotatable bonds is 4. The van der Waals surface area contributed by atoms with E-state index in [0.29, 0.717) is 5.56 Å². The Morgan fingerprint density at radius 2 is 2.04 bits per heavy atom. The first-order valence-electron chi connectivity index (χ1n) is 6.66. The van der Waals surface area contributed by atoms with Gasteiger partial charge in [-0.25, -0.2) is 0 Å². The highest BCUT2D eigenvalue weighted by atomic mass is 19.4. The lowest BCUT2D eigenvalue weighted by molar-refractivity contribution is -0.137. The third kappa shape index (κ3) is 3.97. The number of Topliss-reactive ketones (excluding diaryl/α,β-unsaturated/α-hetero) is 1. The summed E-state index contributed by atoms with van der Waals surface area (Å²) in [6.07, 6.45) is -3.19. The van der Waals surface area contributed by atoms with Gasteiger partial charge < -0.3 is 5.11 Å². The zero-order valence-electron chi connectivity index (χ0n) is 12.1.